The minimum atomic E-state index is -0.575. The van der Waals surface area contributed by atoms with Crippen molar-refractivity contribution < 1.29 is 28.2 Å². The second-order valence-electron chi connectivity index (χ2n) is 8.56. The van der Waals surface area contributed by atoms with Crippen LogP contribution in [0.25, 0.3) is 11.1 Å². The summed E-state index contributed by atoms with van der Waals surface area (Å²) in [6.45, 7) is 7.76. The van der Waals surface area contributed by atoms with Gasteiger partial charge in [0.25, 0.3) is 0 Å². The monoisotopic (exact) mass is 430 g/mol. The van der Waals surface area contributed by atoms with Gasteiger partial charge in [-0.25, -0.2) is 14.0 Å². The van der Waals surface area contributed by atoms with Crippen molar-refractivity contribution in [2.75, 3.05) is 19.6 Å². The van der Waals surface area contributed by atoms with Gasteiger partial charge in [-0.1, -0.05) is 18.2 Å². The highest BCUT2D eigenvalue weighted by Crippen LogP contribution is 2.30. The lowest BCUT2D eigenvalue weighted by Gasteiger charge is -2.29. The molecule has 0 radical (unpaired) electrons. The fourth-order valence-electron chi connectivity index (χ4n) is 3.40. The van der Waals surface area contributed by atoms with E-state index in [2.05, 4.69) is 5.32 Å². The van der Waals surface area contributed by atoms with Gasteiger partial charge >= 0.3 is 12.1 Å². The van der Waals surface area contributed by atoms with Crippen LogP contribution in [0.15, 0.2) is 30.4 Å². The summed E-state index contributed by atoms with van der Waals surface area (Å²) in [4.78, 5) is 36.9. The first kappa shape index (κ1) is 22.5. The van der Waals surface area contributed by atoms with Gasteiger partial charge in [-0.3, -0.25) is 4.79 Å². The molecule has 31 heavy (non-hydrogen) atoms. The highest BCUT2D eigenvalue weighted by molar-refractivity contribution is 6.18. The number of nitrogens with zero attached hydrogens (tertiary/aromatic N) is 1. The van der Waals surface area contributed by atoms with Crippen LogP contribution in [0.1, 0.15) is 45.2 Å². The number of carbonyl (C=O) groups excluding carboxylic acids is 3. The van der Waals surface area contributed by atoms with E-state index in [0.717, 1.165) is 5.57 Å². The summed E-state index contributed by atoms with van der Waals surface area (Å²) in [6.07, 6.45) is 2.94. The number of halogens is 1. The molecule has 0 aromatic heterocycles. The number of cyclic esters (lactones) is 1. The Morgan fingerprint density at radius 1 is 1.32 bits per heavy atom. The minimum absolute atomic E-state index is 0.173. The molecule has 8 heteroatoms. The number of esters is 1. The SMILES string of the molecule is CC(=O)NC[C@H]1C=C(c2ccc(C3=CCN(C(=O)OC(C)(C)C)CC3)c(F)c2)C(=O)O1. The lowest BCUT2D eigenvalue weighted by Crippen LogP contribution is -2.39. The van der Waals surface area contributed by atoms with E-state index in [4.69, 9.17) is 9.47 Å². The molecule has 0 spiro atoms. The first-order valence-electron chi connectivity index (χ1n) is 10.2. The molecule has 1 N–H and O–H groups in total. The zero-order valence-electron chi connectivity index (χ0n) is 18.2. The van der Waals surface area contributed by atoms with Crippen molar-refractivity contribution in [1.82, 2.24) is 10.2 Å². The Morgan fingerprint density at radius 2 is 2.06 bits per heavy atom. The van der Waals surface area contributed by atoms with Gasteiger partial charge in [0.15, 0.2) is 0 Å². The Morgan fingerprint density at radius 3 is 2.65 bits per heavy atom. The molecule has 2 amide bonds. The molecule has 166 valence electrons. The van der Waals surface area contributed by atoms with Gasteiger partial charge in [-0.05, 0) is 50.5 Å². The number of hydrogen-bond acceptors (Lipinski definition) is 5. The molecule has 1 aromatic rings. The van der Waals surface area contributed by atoms with Crippen LogP contribution in [0.5, 0.6) is 0 Å². The highest BCUT2D eigenvalue weighted by Gasteiger charge is 2.28. The van der Waals surface area contributed by atoms with Gasteiger partial charge in [-0.15, -0.1) is 0 Å². The summed E-state index contributed by atoms with van der Waals surface area (Å²) in [6, 6.07) is 4.62. The molecule has 0 bridgehead atoms. The molecule has 2 aliphatic heterocycles. The smallest absolute Gasteiger partial charge is 0.410 e. The maximum atomic E-state index is 14.9. The summed E-state index contributed by atoms with van der Waals surface area (Å²) >= 11 is 0. The number of hydrogen-bond donors (Lipinski definition) is 1. The summed E-state index contributed by atoms with van der Waals surface area (Å²) < 4.78 is 25.4. The van der Waals surface area contributed by atoms with Crippen molar-refractivity contribution >= 4 is 29.1 Å². The first-order chi connectivity index (χ1) is 14.5. The van der Waals surface area contributed by atoms with Gasteiger partial charge in [0.05, 0.1) is 12.1 Å². The zero-order valence-corrected chi connectivity index (χ0v) is 18.2. The lowest BCUT2D eigenvalue weighted by molar-refractivity contribution is -0.138. The van der Waals surface area contributed by atoms with Crippen molar-refractivity contribution in [2.24, 2.45) is 0 Å². The summed E-state index contributed by atoms with van der Waals surface area (Å²) in [5, 5.41) is 2.59. The summed E-state index contributed by atoms with van der Waals surface area (Å²) in [5.74, 6) is -1.22. The number of nitrogens with one attached hydrogen (secondary N) is 1. The van der Waals surface area contributed by atoms with Crippen LogP contribution >= 0.6 is 0 Å². The van der Waals surface area contributed by atoms with Crippen LogP contribution in [-0.4, -0.2) is 54.2 Å². The molecule has 3 rings (SSSR count). The Balaban J connectivity index is 1.70. The maximum absolute atomic E-state index is 14.9. The molecule has 0 aliphatic carbocycles. The minimum Gasteiger partial charge on any atom is -0.453 e. The lowest BCUT2D eigenvalue weighted by atomic mass is 9.96. The zero-order chi connectivity index (χ0) is 22.8. The molecule has 0 saturated carbocycles. The summed E-state index contributed by atoms with van der Waals surface area (Å²) in [7, 11) is 0. The molecule has 2 heterocycles. The molecule has 7 nitrogen and oxygen atoms in total. The fourth-order valence-corrected chi connectivity index (χ4v) is 3.40. The Hall–Kier alpha value is -3.16. The highest BCUT2D eigenvalue weighted by atomic mass is 19.1. The van der Waals surface area contributed by atoms with Crippen LogP contribution in [0.3, 0.4) is 0 Å². The quantitative estimate of drug-likeness (QED) is 0.741. The maximum Gasteiger partial charge on any atom is 0.410 e. The topological polar surface area (TPSA) is 84.9 Å². The van der Waals surface area contributed by atoms with E-state index in [0.29, 0.717) is 30.6 Å². The fraction of sp³-hybridized carbons (Fsp3) is 0.435. The van der Waals surface area contributed by atoms with E-state index in [1.165, 1.54) is 13.0 Å². The number of carbonyl (C=O) groups is 3. The predicted octanol–water partition coefficient (Wildman–Crippen LogP) is 3.29. The van der Waals surface area contributed by atoms with Gasteiger partial charge in [0, 0.05) is 25.6 Å². The predicted molar refractivity (Wildman–Crippen MR) is 113 cm³/mol. The van der Waals surface area contributed by atoms with Crippen molar-refractivity contribution in [3.63, 3.8) is 0 Å². The number of benzene rings is 1. The molecule has 1 atom stereocenters. The first-order valence-corrected chi connectivity index (χ1v) is 10.2. The van der Waals surface area contributed by atoms with Crippen LogP contribution in [0.2, 0.25) is 0 Å². The van der Waals surface area contributed by atoms with Gasteiger partial charge in [0.2, 0.25) is 5.91 Å². The second-order valence-corrected chi connectivity index (χ2v) is 8.56. The van der Waals surface area contributed by atoms with E-state index >= 15 is 0 Å². The summed E-state index contributed by atoms with van der Waals surface area (Å²) in [5.41, 5.74) is 1.36. The third-order valence-corrected chi connectivity index (χ3v) is 4.87. The second kappa shape index (κ2) is 8.91. The molecule has 2 aliphatic rings. The molecule has 0 fully saturated rings. The number of amides is 2. The Labute approximate surface area is 180 Å². The molecule has 0 unspecified atom stereocenters. The third-order valence-electron chi connectivity index (χ3n) is 4.87. The van der Waals surface area contributed by atoms with Gasteiger partial charge < -0.3 is 19.7 Å². The van der Waals surface area contributed by atoms with Gasteiger partial charge in [0.1, 0.15) is 17.5 Å². The Kier molecular flexibility index (Phi) is 6.48. The standard InChI is InChI=1S/C23H27FN2O5/c1-14(27)25-13-17-12-19(21(28)30-17)16-5-6-18(20(24)11-16)15-7-9-26(10-8-15)22(29)31-23(2,3)4/h5-7,11-12,17H,8-10,13H2,1-4H3,(H,25,27)/t17-/m1/s1. The normalized spacial score (nSPS) is 18.8. The van der Waals surface area contributed by atoms with Gasteiger partial charge in [-0.2, -0.15) is 0 Å². The Bertz CT molecular complexity index is 961. The third kappa shape index (κ3) is 5.71. The molecular weight excluding hydrogens is 403 g/mol. The van der Waals surface area contributed by atoms with E-state index in [1.807, 2.05) is 26.8 Å². The van der Waals surface area contributed by atoms with Crippen LogP contribution in [-0.2, 0) is 19.1 Å². The van der Waals surface area contributed by atoms with E-state index in [-0.39, 0.29) is 24.1 Å². The van der Waals surface area contributed by atoms with E-state index in [1.54, 1.807) is 23.1 Å². The molecular formula is C23H27FN2O5. The van der Waals surface area contributed by atoms with Crippen molar-refractivity contribution in [3.05, 3.63) is 47.3 Å². The van der Waals surface area contributed by atoms with Crippen LogP contribution in [0.4, 0.5) is 9.18 Å². The average Bonchev–Trinajstić information content (AvgIpc) is 3.06. The van der Waals surface area contributed by atoms with Crippen molar-refractivity contribution in [3.8, 4) is 0 Å². The van der Waals surface area contributed by atoms with Crippen molar-refractivity contribution in [2.45, 2.75) is 45.8 Å². The largest absolute Gasteiger partial charge is 0.453 e. The van der Waals surface area contributed by atoms with Crippen LogP contribution < -0.4 is 5.32 Å². The number of ether oxygens (including phenoxy) is 2. The molecule has 0 saturated heterocycles. The average molecular weight is 430 g/mol. The van der Waals surface area contributed by atoms with E-state index < -0.39 is 23.5 Å². The molecule has 1 aromatic carbocycles. The van der Waals surface area contributed by atoms with Crippen LogP contribution in [0, 0.1) is 5.82 Å². The van der Waals surface area contributed by atoms with Crippen molar-refractivity contribution in [1.29, 1.82) is 0 Å². The number of rotatable bonds is 4. The van der Waals surface area contributed by atoms with E-state index in [9.17, 15) is 18.8 Å².